The fourth-order valence-electron chi connectivity index (χ4n) is 4.38. The van der Waals surface area contributed by atoms with E-state index >= 15 is 0 Å². The van der Waals surface area contributed by atoms with E-state index in [1.165, 1.54) is 19.3 Å². The van der Waals surface area contributed by atoms with E-state index in [2.05, 4.69) is 15.4 Å². The van der Waals surface area contributed by atoms with Gasteiger partial charge in [-0.2, -0.15) is 0 Å². The van der Waals surface area contributed by atoms with Crippen LogP contribution >= 0.6 is 9.24 Å². The molecule has 0 aromatic rings. The maximum absolute atomic E-state index is 2.88. The molecule has 0 aromatic heterocycles. The van der Waals surface area contributed by atoms with Crippen LogP contribution in [0.1, 0.15) is 38.5 Å². The van der Waals surface area contributed by atoms with Crippen LogP contribution < -0.4 is 0 Å². The molecular weight excluding hydrogens is 163 g/mol. The van der Waals surface area contributed by atoms with Crippen molar-refractivity contribution in [1.82, 2.24) is 0 Å². The molecule has 1 heteroatoms. The highest BCUT2D eigenvalue weighted by Gasteiger charge is 2.49. The van der Waals surface area contributed by atoms with E-state index in [1.54, 1.807) is 19.3 Å². The van der Waals surface area contributed by atoms with Gasteiger partial charge in [0.15, 0.2) is 0 Å². The standard InChI is InChI=1S/C11H18P/c12-7-11-4-8-1-9(5-11)3-10(2-8)6-11/h7-10H,1-6,12H2. The van der Waals surface area contributed by atoms with Crippen LogP contribution in [0.4, 0.5) is 0 Å². The molecule has 0 spiro atoms. The first-order valence-corrected chi connectivity index (χ1v) is 6.02. The molecule has 0 N–H and O–H groups in total. The van der Waals surface area contributed by atoms with E-state index in [0.29, 0.717) is 5.41 Å². The molecule has 4 bridgehead atoms. The SMILES string of the molecule is P[CH]C12CC3CC(CC(C3)C1)C2. The molecule has 1 unspecified atom stereocenters. The first kappa shape index (κ1) is 7.80. The van der Waals surface area contributed by atoms with Gasteiger partial charge in [0.2, 0.25) is 0 Å². The molecule has 0 aromatic carbocycles. The summed E-state index contributed by atoms with van der Waals surface area (Å²) in [5.41, 5.74) is 0.680. The Bertz CT molecular complexity index is 162. The summed E-state index contributed by atoms with van der Waals surface area (Å²) in [4.78, 5) is 0. The van der Waals surface area contributed by atoms with Crippen LogP contribution in [0, 0.1) is 29.3 Å². The Morgan fingerprint density at radius 3 is 1.67 bits per heavy atom. The zero-order valence-electron chi connectivity index (χ0n) is 7.63. The summed E-state index contributed by atoms with van der Waals surface area (Å²) in [6.07, 6.45) is 11.7. The third-order valence-electron chi connectivity index (χ3n) is 4.44. The van der Waals surface area contributed by atoms with Crippen LogP contribution in [0.3, 0.4) is 0 Å². The molecule has 0 nitrogen and oxygen atoms in total. The van der Waals surface area contributed by atoms with E-state index < -0.39 is 0 Å². The van der Waals surface area contributed by atoms with Gasteiger partial charge in [-0.15, -0.1) is 9.24 Å². The fraction of sp³-hybridized carbons (Fsp3) is 0.909. The average molecular weight is 181 g/mol. The Balaban J connectivity index is 1.90. The lowest BCUT2D eigenvalue weighted by Gasteiger charge is -2.56. The molecule has 0 saturated heterocycles. The van der Waals surface area contributed by atoms with Crippen molar-refractivity contribution in [3.63, 3.8) is 0 Å². The van der Waals surface area contributed by atoms with Crippen molar-refractivity contribution in [1.29, 1.82) is 0 Å². The van der Waals surface area contributed by atoms with E-state index in [4.69, 9.17) is 0 Å². The fourth-order valence-corrected chi connectivity index (χ4v) is 4.79. The predicted octanol–water partition coefficient (Wildman–Crippen LogP) is 3.24. The predicted molar refractivity (Wildman–Crippen MR) is 54.6 cm³/mol. The number of rotatable bonds is 1. The monoisotopic (exact) mass is 181 g/mol. The largest absolute Gasteiger partial charge is 0.133 e. The minimum Gasteiger partial charge on any atom is -0.133 e. The minimum absolute atomic E-state index is 0.680. The van der Waals surface area contributed by atoms with Crippen molar-refractivity contribution in [3.8, 4) is 0 Å². The van der Waals surface area contributed by atoms with Crippen molar-refractivity contribution >= 4 is 9.24 Å². The maximum atomic E-state index is 2.88. The van der Waals surface area contributed by atoms with Crippen molar-refractivity contribution in [3.05, 3.63) is 6.16 Å². The van der Waals surface area contributed by atoms with E-state index in [1.807, 2.05) is 0 Å². The molecule has 1 atom stereocenters. The van der Waals surface area contributed by atoms with Gasteiger partial charge in [0, 0.05) is 0 Å². The van der Waals surface area contributed by atoms with Crippen LogP contribution in [0.15, 0.2) is 0 Å². The van der Waals surface area contributed by atoms with Crippen LogP contribution in [0.2, 0.25) is 0 Å². The van der Waals surface area contributed by atoms with Crippen LogP contribution in [0.25, 0.3) is 0 Å². The van der Waals surface area contributed by atoms with Gasteiger partial charge in [0.05, 0.1) is 0 Å². The zero-order chi connectivity index (χ0) is 8.18. The summed E-state index contributed by atoms with van der Waals surface area (Å²) >= 11 is 0. The van der Waals surface area contributed by atoms with Gasteiger partial charge in [-0.3, -0.25) is 0 Å². The molecule has 12 heavy (non-hydrogen) atoms. The van der Waals surface area contributed by atoms with E-state index in [-0.39, 0.29) is 0 Å². The molecule has 1 radical (unpaired) electrons. The summed E-state index contributed by atoms with van der Waals surface area (Å²) in [5.74, 6) is 3.31. The van der Waals surface area contributed by atoms with Gasteiger partial charge in [-0.25, -0.2) is 0 Å². The Kier molecular flexibility index (Phi) is 1.61. The molecule has 4 saturated carbocycles. The number of hydrogen-bond acceptors (Lipinski definition) is 0. The number of hydrogen-bond donors (Lipinski definition) is 0. The lowest BCUT2D eigenvalue weighted by Crippen LogP contribution is -2.45. The Hall–Kier alpha value is 0.430. The second kappa shape index (κ2) is 2.47. The second-order valence-electron chi connectivity index (χ2n) is 5.45. The summed E-state index contributed by atoms with van der Waals surface area (Å²) in [5, 5.41) is 0. The van der Waals surface area contributed by atoms with Crippen molar-refractivity contribution in [2.24, 2.45) is 23.2 Å². The van der Waals surface area contributed by atoms with Crippen LogP contribution in [-0.2, 0) is 0 Å². The van der Waals surface area contributed by atoms with Crippen molar-refractivity contribution in [2.45, 2.75) is 38.5 Å². The van der Waals surface area contributed by atoms with E-state index in [9.17, 15) is 0 Å². The van der Waals surface area contributed by atoms with Crippen molar-refractivity contribution < 1.29 is 0 Å². The first-order valence-electron chi connectivity index (χ1n) is 5.36. The molecule has 0 amide bonds. The molecule has 4 aliphatic carbocycles. The lowest BCUT2D eigenvalue weighted by molar-refractivity contribution is -0.0278. The molecule has 0 heterocycles. The van der Waals surface area contributed by atoms with E-state index in [0.717, 1.165) is 17.8 Å². The molecule has 4 aliphatic rings. The highest BCUT2D eigenvalue weighted by molar-refractivity contribution is 7.19. The van der Waals surface area contributed by atoms with Gasteiger partial charge in [-0.05, 0) is 67.9 Å². The summed E-state index contributed by atoms with van der Waals surface area (Å²) in [7, 11) is 2.88. The Labute approximate surface area is 77.7 Å². The normalized spacial score (nSPS) is 56.2. The van der Waals surface area contributed by atoms with Crippen LogP contribution in [0.5, 0.6) is 0 Å². The lowest BCUT2D eigenvalue weighted by atomic mass is 9.50. The first-order chi connectivity index (χ1) is 5.80. The Morgan fingerprint density at radius 2 is 1.33 bits per heavy atom. The van der Waals surface area contributed by atoms with Gasteiger partial charge in [0.1, 0.15) is 0 Å². The molecule has 0 aliphatic heterocycles. The van der Waals surface area contributed by atoms with Gasteiger partial charge < -0.3 is 0 Å². The van der Waals surface area contributed by atoms with Crippen molar-refractivity contribution in [2.75, 3.05) is 0 Å². The third-order valence-corrected chi connectivity index (χ3v) is 5.15. The topological polar surface area (TPSA) is 0 Å². The zero-order valence-corrected chi connectivity index (χ0v) is 8.78. The van der Waals surface area contributed by atoms with Gasteiger partial charge in [-0.1, -0.05) is 0 Å². The highest BCUT2D eigenvalue weighted by atomic mass is 31.0. The van der Waals surface area contributed by atoms with Gasteiger partial charge >= 0.3 is 0 Å². The second-order valence-corrected chi connectivity index (χ2v) is 5.78. The molecule has 4 rings (SSSR count). The van der Waals surface area contributed by atoms with Gasteiger partial charge in [0.25, 0.3) is 0 Å². The molecule has 4 fully saturated rings. The molecular formula is C11H18P. The smallest absolute Gasteiger partial charge is 0.0139 e. The minimum atomic E-state index is 0.680. The third kappa shape index (κ3) is 1.00. The summed E-state index contributed by atoms with van der Waals surface area (Å²) in [6.45, 7) is 0. The summed E-state index contributed by atoms with van der Waals surface area (Å²) in [6, 6.07) is 0. The Morgan fingerprint density at radius 1 is 0.917 bits per heavy atom. The molecule has 67 valence electrons. The average Bonchev–Trinajstić information content (AvgIpc) is 2.02. The van der Waals surface area contributed by atoms with Crippen LogP contribution in [-0.4, -0.2) is 0 Å². The summed E-state index contributed by atoms with van der Waals surface area (Å²) < 4.78 is 0. The highest BCUT2D eigenvalue weighted by Crippen LogP contribution is 2.61. The quantitative estimate of drug-likeness (QED) is 0.545. The maximum Gasteiger partial charge on any atom is -0.0139 e.